The van der Waals surface area contributed by atoms with Crippen LogP contribution in [0.25, 0.3) is 0 Å². The molecule has 8 rings (SSSR count). The highest BCUT2D eigenvalue weighted by atomic mass is 16.8. The van der Waals surface area contributed by atoms with E-state index in [9.17, 15) is 25.2 Å². The van der Waals surface area contributed by atoms with Crippen LogP contribution in [0.3, 0.4) is 0 Å². The summed E-state index contributed by atoms with van der Waals surface area (Å²) in [5.74, 6) is -0.922. The first-order chi connectivity index (χ1) is 21.8. The van der Waals surface area contributed by atoms with Gasteiger partial charge in [-0.15, -0.1) is 0 Å². The minimum absolute atomic E-state index is 0.00363. The second-order valence-corrected chi connectivity index (χ2v) is 18.4. The minimum atomic E-state index is -1.31. The number of allylic oxidation sites excluding steroid dienone is 1. The van der Waals surface area contributed by atoms with E-state index in [1.807, 2.05) is 13.8 Å². The third kappa shape index (κ3) is 3.83. The molecular weight excluding hydrogens is 604 g/mol. The van der Waals surface area contributed by atoms with E-state index in [2.05, 4.69) is 40.7 Å². The molecule has 3 saturated heterocycles. The molecule has 16 atom stereocenters. The summed E-state index contributed by atoms with van der Waals surface area (Å²) in [4.78, 5) is 12.1. The number of ether oxygens (including phenoxy) is 5. The number of carbonyl (C=O) groups is 1. The lowest BCUT2D eigenvalue weighted by molar-refractivity contribution is -0.300. The Bertz CT molecular complexity index is 1380. The van der Waals surface area contributed by atoms with Crippen molar-refractivity contribution in [3.05, 3.63) is 11.6 Å². The van der Waals surface area contributed by atoms with Gasteiger partial charge in [0.2, 0.25) is 0 Å². The number of rotatable bonds is 4. The highest BCUT2D eigenvalue weighted by Crippen LogP contribution is 2.89. The Morgan fingerprint density at radius 2 is 1.74 bits per heavy atom. The number of hydrogen-bond acceptors (Lipinski definition) is 10. The maximum Gasteiger partial charge on any atom is 0.303 e. The molecule has 264 valence electrons. The fraction of sp³-hybridized carbons (Fsp3) is 0.919. The Morgan fingerprint density at radius 3 is 2.45 bits per heavy atom. The molecule has 3 aliphatic heterocycles. The van der Waals surface area contributed by atoms with Crippen molar-refractivity contribution in [2.24, 2.45) is 44.8 Å². The van der Waals surface area contributed by atoms with Gasteiger partial charge in [0.25, 0.3) is 0 Å². The van der Waals surface area contributed by atoms with Crippen LogP contribution in [0, 0.1) is 44.8 Å². The molecule has 10 heteroatoms. The minimum Gasteiger partial charge on any atom is -0.457 e. The fourth-order valence-corrected chi connectivity index (χ4v) is 13.5. The van der Waals surface area contributed by atoms with Gasteiger partial charge in [-0.3, -0.25) is 4.79 Å². The summed E-state index contributed by atoms with van der Waals surface area (Å²) < 4.78 is 31.8. The summed E-state index contributed by atoms with van der Waals surface area (Å²) >= 11 is 0. The second-order valence-electron chi connectivity index (χ2n) is 18.4. The number of esters is 1. The number of hydrogen-bond donors (Lipinski definition) is 4. The second kappa shape index (κ2) is 9.81. The highest BCUT2D eigenvalue weighted by molar-refractivity contribution is 5.66. The molecule has 10 nitrogen and oxygen atoms in total. The molecule has 4 N–H and O–H groups in total. The Kier molecular flexibility index (Phi) is 6.90. The maximum absolute atomic E-state index is 12.8. The Morgan fingerprint density at radius 1 is 1.02 bits per heavy atom. The van der Waals surface area contributed by atoms with Gasteiger partial charge >= 0.3 is 5.97 Å². The molecule has 5 aliphatic carbocycles. The highest BCUT2D eigenvalue weighted by Gasteiger charge is 2.86. The lowest BCUT2D eigenvalue weighted by Gasteiger charge is -2.60. The Balaban J connectivity index is 1.12. The van der Waals surface area contributed by atoms with Crippen LogP contribution in [0.4, 0.5) is 0 Å². The van der Waals surface area contributed by atoms with Gasteiger partial charge in [0.15, 0.2) is 12.1 Å². The molecular formula is C37H56O10. The summed E-state index contributed by atoms with van der Waals surface area (Å²) in [5, 5.41) is 43.6. The van der Waals surface area contributed by atoms with E-state index >= 15 is 0 Å². The van der Waals surface area contributed by atoms with E-state index in [1.54, 1.807) is 0 Å². The lowest BCUT2D eigenvalue weighted by Crippen LogP contribution is -2.58. The van der Waals surface area contributed by atoms with Crippen LogP contribution in [-0.2, 0) is 28.5 Å². The summed E-state index contributed by atoms with van der Waals surface area (Å²) in [7, 11) is 0. The van der Waals surface area contributed by atoms with Gasteiger partial charge in [0.1, 0.15) is 36.1 Å². The Labute approximate surface area is 278 Å². The van der Waals surface area contributed by atoms with Gasteiger partial charge in [-0.1, -0.05) is 46.3 Å². The van der Waals surface area contributed by atoms with Crippen molar-refractivity contribution in [3.63, 3.8) is 0 Å². The van der Waals surface area contributed by atoms with Crippen LogP contribution in [0.15, 0.2) is 11.6 Å². The molecule has 2 bridgehead atoms. The molecule has 8 aliphatic rings. The van der Waals surface area contributed by atoms with E-state index in [4.69, 9.17) is 23.7 Å². The SMILES string of the molecule is CC(=O)OC(C)(C)[C@H]1O[C@@]23O[C@@H]1C[C@@H](C)[C@@H]2[C@@]1(C)CC[C@@]24C[C@@]25CC[C@H](O[C@@H]2OC[C@@H](O)[C@H](O)[C@H]2O)C(C)(C)[C@H]5CC=C4[C@]1(C)[C@@H]3O. The summed E-state index contributed by atoms with van der Waals surface area (Å²) in [6.07, 6.45) is 2.55. The first kappa shape index (κ1) is 33.1. The summed E-state index contributed by atoms with van der Waals surface area (Å²) in [6, 6.07) is 0. The van der Waals surface area contributed by atoms with Crippen molar-refractivity contribution >= 4 is 5.97 Å². The molecule has 0 amide bonds. The predicted molar refractivity (Wildman–Crippen MR) is 168 cm³/mol. The molecule has 47 heavy (non-hydrogen) atoms. The summed E-state index contributed by atoms with van der Waals surface area (Å²) in [6.45, 7) is 16.6. The monoisotopic (exact) mass is 660 g/mol. The number of fused-ring (bicyclic) bond motifs is 4. The lowest BCUT2D eigenvalue weighted by atomic mass is 9.44. The van der Waals surface area contributed by atoms with Gasteiger partial charge in [0.05, 0.1) is 18.8 Å². The summed E-state index contributed by atoms with van der Waals surface area (Å²) in [5.41, 5.74) is -0.442. The molecule has 0 aromatic carbocycles. The topological polar surface area (TPSA) is 144 Å². The van der Waals surface area contributed by atoms with E-state index in [1.165, 1.54) is 12.5 Å². The molecule has 3 heterocycles. The number of carbonyl (C=O) groups excluding carboxylic acids is 1. The maximum atomic E-state index is 12.8. The zero-order valence-corrected chi connectivity index (χ0v) is 29.3. The molecule has 0 unspecified atom stereocenters. The van der Waals surface area contributed by atoms with Crippen molar-refractivity contribution < 1.29 is 48.9 Å². The standard InChI is InChI=1S/C37H56O10/c1-18-15-21-28(32(5,6)45-19(2)38)47-37(46-21)27(18)33(7)13-14-36-17-35(36)12-11-24(44-29-26(41)25(40)20(39)16-43-29)31(3,4)22(35)9-10-23(36)34(33,8)30(37)42/h10,18,20-22,24-30,39-42H,9,11-17H2,1-8H3/t18-,20-,21-,22-,24+,25+,26-,27-,28+,29+,30+,33-,34-,35-,36+,37+/m1/s1. The number of aliphatic hydroxyl groups is 4. The van der Waals surface area contributed by atoms with Crippen molar-refractivity contribution in [3.8, 4) is 0 Å². The molecule has 0 aromatic rings. The van der Waals surface area contributed by atoms with Crippen LogP contribution >= 0.6 is 0 Å². The van der Waals surface area contributed by atoms with Crippen LogP contribution in [0.5, 0.6) is 0 Å². The van der Waals surface area contributed by atoms with Gasteiger partial charge in [-0.05, 0) is 92.3 Å². The van der Waals surface area contributed by atoms with Crippen molar-refractivity contribution in [2.75, 3.05) is 6.61 Å². The van der Waals surface area contributed by atoms with Gasteiger partial charge < -0.3 is 44.1 Å². The fourth-order valence-electron chi connectivity index (χ4n) is 13.5. The third-order valence-electron chi connectivity index (χ3n) is 15.6. The average Bonchev–Trinajstić information content (AvgIpc) is 3.49. The van der Waals surface area contributed by atoms with Gasteiger partial charge in [0, 0.05) is 18.3 Å². The molecule has 0 aromatic heterocycles. The van der Waals surface area contributed by atoms with Crippen LogP contribution < -0.4 is 0 Å². The largest absolute Gasteiger partial charge is 0.457 e. The predicted octanol–water partition coefficient (Wildman–Crippen LogP) is 3.61. The van der Waals surface area contributed by atoms with Crippen LogP contribution in [0.1, 0.15) is 100 Å². The molecule has 4 saturated carbocycles. The number of aliphatic hydroxyl groups excluding tert-OH is 4. The smallest absolute Gasteiger partial charge is 0.303 e. The Hall–Kier alpha value is -1.11. The zero-order chi connectivity index (χ0) is 33.9. The first-order valence-corrected chi connectivity index (χ1v) is 18.1. The van der Waals surface area contributed by atoms with Crippen molar-refractivity contribution in [2.45, 2.75) is 161 Å². The quantitative estimate of drug-likeness (QED) is 0.261. The molecule has 3 spiro atoms. The van der Waals surface area contributed by atoms with Crippen LogP contribution in [-0.4, -0.2) is 93.4 Å². The zero-order valence-electron chi connectivity index (χ0n) is 29.3. The van der Waals surface area contributed by atoms with E-state index in [-0.39, 0.29) is 58.3 Å². The van der Waals surface area contributed by atoms with Crippen molar-refractivity contribution in [1.82, 2.24) is 0 Å². The van der Waals surface area contributed by atoms with Gasteiger partial charge in [-0.25, -0.2) is 0 Å². The average molecular weight is 661 g/mol. The van der Waals surface area contributed by atoms with E-state index < -0.39 is 53.6 Å². The van der Waals surface area contributed by atoms with Crippen molar-refractivity contribution in [1.29, 1.82) is 0 Å². The van der Waals surface area contributed by atoms with E-state index in [0.717, 1.165) is 44.9 Å². The normalized spacial score (nSPS) is 57.1. The molecule has 7 fully saturated rings. The third-order valence-corrected chi connectivity index (χ3v) is 15.6. The van der Waals surface area contributed by atoms with E-state index in [0.29, 0.717) is 5.92 Å². The first-order valence-electron chi connectivity index (χ1n) is 18.1. The van der Waals surface area contributed by atoms with Gasteiger partial charge in [-0.2, -0.15) is 0 Å². The molecule has 0 radical (unpaired) electrons. The van der Waals surface area contributed by atoms with Crippen LogP contribution in [0.2, 0.25) is 0 Å².